The molecule has 0 aliphatic carbocycles. The molecule has 3 heterocycles. The topological polar surface area (TPSA) is 90.5 Å². The van der Waals surface area contributed by atoms with Crippen LogP contribution in [-0.2, 0) is 6.42 Å². The summed E-state index contributed by atoms with van der Waals surface area (Å²) in [5, 5.41) is 17.6. The van der Waals surface area contributed by atoms with Crippen molar-refractivity contribution in [3.8, 4) is 28.5 Å². The normalized spacial score (nSPS) is 11.2. The van der Waals surface area contributed by atoms with E-state index in [1.165, 1.54) is 12.1 Å². The Kier molecular flexibility index (Phi) is 3.26. The molecule has 24 heavy (non-hydrogen) atoms. The molecule has 0 radical (unpaired) electrons. The number of H-pyrrole nitrogens is 2. The summed E-state index contributed by atoms with van der Waals surface area (Å²) in [6, 6.07) is 4.57. The number of halogens is 1. The predicted octanol–water partition coefficient (Wildman–Crippen LogP) is 3.42. The number of pyridine rings is 1. The van der Waals surface area contributed by atoms with Crippen LogP contribution in [0.2, 0.25) is 0 Å². The second-order valence-corrected chi connectivity index (χ2v) is 5.44. The van der Waals surface area contributed by atoms with Crippen LogP contribution in [0.3, 0.4) is 0 Å². The molecule has 0 bridgehead atoms. The summed E-state index contributed by atoms with van der Waals surface area (Å²) in [5.74, 6) is -0.357. The zero-order valence-electron chi connectivity index (χ0n) is 12.8. The van der Waals surface area contributed by atoms with Crippen molar-refractivity contribution in [1.29, 1.82) is 0 Å². The number of benzene rings is 1. The number of phenolic OH excluding ortho intramolecular Hbond substituents is 1. The molecule has 0 saturated heterocycles. The fraction of sp³-hybridized carbons (Fsp3) is 0.118. The van der Waals surface area contributed by atoms with Crippen LogP contribution in [0.25, 0.3) is 33.7 Å². The maximum absolute atomic E-state index is 13.8. The Morgan fingerprint density at radius 3 is 2.83 bits per heavy atom. The van der Waals surface area contributed by atoms with Crippen LogP contribution in [0.4, 0.5) is 4.39 Å². The number of hydrogen-bond donors (Lipinski definition) is 3. The van der Waals surface area contributed by atoms with Gasteiger partial charge in [-0.15, -0.1) is 0 Å². The lowest BCUT2D eigenvalue weighted by atomic mass is 10.0. The number of aryl methyl sites for hydroxylation is 1. The average Bonchev–Trinajstić information content (AvgIpc) is 3.25. The van der Waals surface area contributed by atoms with Crippen molar-refractivity contribution < 1.29 is 9.50 Å². The molecule has 3 aromatic heterocycles. The monoisotopic (exact) mass is 323 g/mol. The van der Waals surface area contributed by atoms with Crippen LogP contribution >= 0.6 is 0 Å². The number of fused-ring (bicyclic) bond motifs is 1. The van der Waals surface area contributed by atoms with Gasteiger partial charge in [-0.2, -0.15) is 5.10 Å². The molecule has 4 aromatic rings. The SMILES string of the molecule is CCc1cc(O)c(F)cc1-c1cc2[nH]nc(-c3ncc[nH]3)c2cn1. The molecule has 1 aromatic carbocycles. The minimum Gasteiger partial charge on any atom is -0.505 e. The van der Waals surface area contributed by atoms with Gasteiger partial charge >= 0.3 is 0 Å². The lowest BCUT2D eigenvalue weighted by molar-refractivity contribution is 0.432. The third-order valence-electron chi connectivity index (χ3n) is 4.00. The van der Waals surface area contributed by atoms with Crippen molar-refractivity contribution in [3.05, 3.63) is 48.2 Å². The Labute approximate surface area is 136 Å². The van der Waals surface area contributed by atoms with E-state index in [4.69, 9.17) is 0 Å². The fourth-order valence-corrected chi connectivity index (χ4v) is 2.77. The summed E-state index contributed by atoms with van der Waals surface area (Å²) in [6.07, 6.45) is 5.73. The predicted molar refractivity (Wildman–Crippen MR) is 87.9 cm³/mol. The van der Waals surface area contributed by atoms with Crippen molar-refractivity contribution in [3.63, 3.8) is 0 Å². The van der Waals surface area contributed by atoms with Crippen LogP contribution < -0.4 is 0 Å². The van der Waals surface area contributed by atoms with Crippen LogP contribution in [0, 0.1) is 5.82 Å². The third kappa shape index (κ3) is 2.21. The highest BCUT2D eigenvalue weighted by Crippen LogP contribution is 2.31. The van der Waals surface area contributed by atoms with E-state index in [0.717, 1.165) is 16.5 Å². The fourth-order valence-electron chi connectivity index (χ4n) is 2.77. The number of hydrogen-bond acceptors (Lipinski definition) is 4. The van der Waals surface area contributed by atoms with Crippen LogP contribution in [-0.4, -0.2) is 30.3 Å². The molecule has 6 nitrogen and oxygen atoms in total. The largest absolute Gasteiger partial charge is 0.505 e. The van der Waals surface area contributed by atoms with Gasteiger partial charge in [0.25, 0.3) is 0 Å². The number of imidazole rings is 1. The molecule has 4 rings (SSSR count). The Balaban J connectivity index is 1.86. The van der Waals surface area contributed by atoms with Gasteiger partial charge in [0.15, 0.2) is 17.4 Å². The molecule has 0 aliphatic heterocycles. The van der Waals surface area contributed by atoms with E-state index in [2.05, 4.69) is 25.1 Å². The molecule has 7 heteroatoms. The molecule has 0 spiro atoms. The molecule has 120 valence electrons. The highest BCUT2D eigenvalue weighted by molar-refractivity contribution is 5.92. The maximum atomic E-state index is 13.8. The molecular formula is C17H14FN5O. The second-order valence-electron chi connectivity index (χ2n) is 5.44. The van der Waals surface area contributed by atoms with Crippen LogP contribution in [0.1, 0.15) is 12.5 Å². The van der Waals surface area contributed by atoms with E-state index >= 15 is 0 Å². The zero-order chi connectivity index (χ0) is 16.7. The highest BCUT2D eigenvalue weighted by atomic mass is 19.1. The molecule has 0 fully saturated rings. The molecule has 3 N–H and O–H groups in total. The first-order valence-electron chi connectivity index (χ1n) is 7.53. The van der Waals surface area contributed by atoms with Gasteiger partial charge < -0.3 is 10.1 Å². The number of aromatic amines is 2. The third-order valence-corrected chi connectivity index (χ3v) is 4.00. The van der Waals surface area contributed by atoms with E-state index < -0.39 is 5.82 Å². The average molecular weight is 323 g/mol. The van der Waals surface area contributed by atoms with Gasteiger partial charge in [-0.1, -0.05) is 6.92 Å². The minimum atomic E-state index is -0.662. The van der Waals surface area contributed by atoms with E-state index in [1.54, 1.807) is 18.6 Å². The Hall–Kier alpha value is -3.22. The number of phenols is 1. The first-order chi connectivity index (χ1) is 11.7. The first-order valence-corrected chi connectivity index (χ1v) is 7.53. The van der Waals surface area contributed by atoms with Gasteiger partial charge in [0.1, 0.15) is 5.69 Å². The summed E-state index contributed by atoms with van der Waals surface area (Å²) < 4.78 is 13.8. The first kappa shape index (κ1) is 14.4. The lowest BCUT2D eigenvalue weighted by Gasteiger charge is -2.09. The quantitative estimate of drug-likeness (QED) is 0.539. The minimum absolute atomic E-state index is 0.349. The summed E-state index contributed by atoms with van der Waals surface area (Å²) >= 11 is 0. The van der Waals surface area contributed by atoms with Gasteiger partial charge in [-0.3, -0.25) is 10.1 Å². The number of aromatic nitrogens is 5. The standard InChI is InChI=1S/C17H14FN5O/c1-2-9-5-15(24)12(18)6-10(9)13-7-14-11(8-21-13)16(23-22-14)17-19-3-4-20-17/h3-8,24H,2H2,1H3,(H,19,20)(H,22,23). The highest BCUT2D eigenvalue weighted by Gasteiger charge is 2.15. The zero-order valence-corrected chi connectivity index (χ0v) is 12.8. The number of nitrogens with one attached hydrogen (secondary N) is 2. The van der Waals surface area contributed by atoms with E-state index in [9.17, 15) is 9.50 Å². The number of nitrogens with zero attached hydrogens (tertiary/aromatic N) is 3. The Morgan fingerprint density at radius 2 is 2.08 bits per heavy atom. The molecule has 0 saturated carbocycles. The van der Waals surface area contributed by atoms with Gasteiger partial charge in [0.2, 0.25) is 0 Å². The van der Waals surface area contributed by atoms with Crippen LogP contribution in [0.15, 0.2) is 36.8 Å². The summed E-state index contributed by atoms with van der Waals surface area (Å²) in [4.78, 5) is 11.7. The number of aromatic hydroxyl groups is 1. The molecule has 0 unspecified atom stereocenters. The van der Waals surface area contributed by atoms with Crippen molar-refractivity contribution in [2.75, 3.05) is 0 Å². The lowest BCUT2D eigenvalue weighted by Crippen LogP contribution is -1.93. The van der Waals surface area contributed by atoms with Crippen molar-refractivity contribution in [2.45, 2.75) is 13.3 Å². The summed E-state index contributed by atoms with van der Waals surface area (Å²) in [7, 11) is 0. The summed E-state index contributed by atoms with van der Waals surface area (Å²) in [5.41, 5.74) is 3.56. The Bertz CT molecular complexity index is 1020. The second kappa shape index (κ2) is 5.45. The van der Waals surface area contributed by atoms with Crippen molar-refractivity contribution in [2.24, 2.45) is 0 Å². The van der Waals surface area contributed by atoms with Gasteiger partial charge in [-0.05, 0) is 30.2 Å². The van der Waals surface area contributed by atoms with Crippen molar-refractivity contribution >= 4 is 10.9 Å². The molecule has 0 atom stereocenters. The van der Waals surface area contributed by atoms with Gasteiger partial charge in [-0.25, -0.2) is 9.37 Å². The molecule has 0 amide bonds. The Morgan fingerprint density at radius 1 is 1.21 bits per heavy atom. The number of rotatable bonds is 3. The maximum Gasteiger partial charge on any atom is 0.165 e. The van der Waals surface area contributed by atoms with Crippen molar-refractivity contribution in [1.82, 2.24) is 25.1 Å². The summed E-state index contributed by atoms with van der Waals surface area (Å²) in [6.45, 7) is 1.94. The molecular weight excluding hydrogens is 309 g/mol. The van der Waals surface area contributed by atoms with E-state index in [-0.39, 0.29) is 5.75 Å². The smallest absolute Gasteiger partial charge is 0.165 e. The molecule has 0 aliphatic rings. The van der Waals surface area contributed by atoms with E-state index in [0.29, 0.717) is 29.2 Å². The van der Waals surface area contributed by atoms with Gasteiger partial charge in [0, 0.05) is 29.5 Å². The van der Waals surface area contributed by atoms with Gasteiger partial charge in [0.05, 0.1) is 11.2 Å². The van der Waals surface area contributed by atoms with Crippen LogP contribution in [0.5, 0.6) is 5.75 Å². The van der Waals surface area contributed by atoms with E-state index in [1.807, 2.05) is 13.0 Å².